The molecule has 0 aliphatic heterocycles. The Labute approximate surface area is 361 Å². The van der Waals surface area contributed by atoms with Crippen molar-refractivity contribution in [3.05, 3.63) is 212 Å². The third-order valence-corrected chi connectivity index (χ3v) is 12.4. The van der Waals surface area contributed by atoms with Gasteiger partial charge in [0.2, 0.25) is 5.95 Å². The van der Waals surface area contributed by atoms with Crippen LogP contribution < -0.4 is 0 Å². The zero-order valence-corrected chi connectivity index (χ0v) is 33.9. The van der Waals surface area contributed by atoms with Crippen LogP contribution in [-0.2, 0) is 0 Å². The van der Waals surface area contributed by atoms with Gasteiger partial charge in [0.1, 0.15) is 11.2 Å². The fraction of sp³-hybridized carbons (Fsp3) is 0. The minimum absolute atomic E-state index is 0.558. The molecule has 0 saturated carbocycles. The lowest BCUT2D eigenvalue weighted by molar-refractivity contribution is 0.670. The van der Waals surface area contributed by atoms with E-state index in [0.717, 1.165) is 93.7 Å². The number of fused-ring (bicyclic) bond motifs is 9. The van der Waals surface area contributed by atoms with Gasteiger partial charge in [-0.1, -0.05) is 164 Å². The fourth-order valence-corrected chi connectivity index (χ4v) is 9.47. The molecule has 0 fully saturated rings. The second-order valence-corrected chi connectivity index (χ2v) is 16.0. The van der Waals surface area contributed by atoms with E-state index in [0.29, 0.717) is 17.6 Å². The average molecular weight is 806 g/mol. The van der Waals surface area contributed by atoms with Gasteiger partial charge in [-0.05, 0) is 65.2 Å². The summed E-state index contributed by atoms with van der Waals surface area (Å²) in [7, 11) is 0. The van der Waals surface area contributed by atoms with Gasteiger partial charge in [-0.25, -0.2) is 4.98 Å². The highest BCUT2D eigenvalue weighted by Gasteiger charge is 2.23. The quantitative estimate of drug-likeness (QED) is 0.168. The molecule has 0 aliphatic carbocycles. The summed E-state index contributed by atoms with van der Waals surface area (Å²) in [4.78, 5) is 15.5. The summed E-state index contributed by atoms with van der Waals surface area (Å²) in [5, 5.41) is 6.73. The van der Waals surface area contributed by atoms with E-state index in [2.05, 4.69) is 155 Å². The topological polar surface area (TPSA) is 61.7 Å². The number of aromatic nitrogens is 5. The van der Waals surface area contributed by atoms with E-state index in [4.69, 9.17) is 19.4 Å². The van der Waals surface area contributed by atoms with Gasteiger partial charge >= 0.3 is 0 Å². The van der Waals surface area contributed by atoms with Crippen molar-refractivity contribution in [3.8, 4) is 56.7 Å². The summed E-state index contributed by atoms with van der Waals surface area (Å²) >= 11 is 0. The first kappa shape index (κ1) is 35.2. The van der Waals surface area contributed by atoms with Gasteiger partial charge in [0, 0.05) is 54.7 Å². The first-order valence-corrected chi connectivity index (χ1v) is 21.2. The van der Waals surface area contributed by atoms with Gasteiger partial charge in [-0.15, -0.1) is 0 Å². The molecule has 0 aliphatic rings. The van der Waals surface area contributed by atoms with Gasteiger partial charge in [0.15, 0.2) is 11.6 Å². The average Bonchev–Trinajstić information content (AvgIpc) is 4.01. The van der Waals surface area contributed by atoms with Gasteiger partial charge in [-0.3, -0.25) is 4.57 Å². The highest BCUT2D eigenvalue weighted by Crippen LogP contribution is 2.43. The minimum Gasteiger partial charge on any atom is -0.455 e. The number of para-hydroxylation sites is 3. The molecule has 13 aromatic rings. The van der Waals surface area contributed by atoms with Gasteiger partial charge in [0.25, 0.3) is 0 Å². The third kappa shape index (κ3) is 5.62. The summed E-state index contributed by atoms with van der Waals surface area (Å²) in [6.45, 7) is 0. The molecule has 0 N–H and O–H groups in total. The Morgan fingerprint density at radius 1 is 0.317 bits per heavy atom. The van der Waals surface area contributed by atoms with Gasteiger partial charge in [0.05, 0.1) is 22.1 Å². The molecule has 63 heavy (non-hydrogen) atoms. The monoisotopic (exact) mass is 805 g/mol. The van der Waals surface area contributed by atoms with Crippen molar-refractivity contribution in [2.75, 3.05) is 0 Å². The zero-order chi connectivity index (χ0) is 41.4. The van der Waals surface area contributed by atoms with E-state index < -0.39 is 0 Å². The molecule has 0 radical (unpaired) electrons. The molecule has 0 spiro atoms. The maximum atomic E-state index is 6.74. The first-order valence-electron chi connectivity index (χ1n) is 21.2. The Balaban J connectivity index is 1.11. The SMILES string of the molecule is c1ccc(-c2cccc(-c3cc(-n4c5ccccc5c5cc6c7ccccc7n(-c7nc(-c8ccccc8)nc(-c8ccccc8)n7)c6cc54)cc4c3oc3ccccc34)c2)cc1. The van der Waals surface area contributed by atoms with E-state index >= 15 is 0 Å². The largest absolute Gasteiger partial charge is 0.455 e. The highest BCUT2D eigenvalue weighted by molar-refractivity contribution is 6.19. The van der Waals surface area contributed by atoms with Crippen molar-refractivity contribution in [2.24, 2.45) is 0 Å². The van der Waals surface area contributed by atoms with Crippen LogP contribution in [0, 0.1) is 0 Å². The van der Waals surface area contributed by atoms with Crippen LogP contribution in [-0.4, -0.2) is 24.1 Å². The molecule has 6 heteroatoms. The Hall–Kier alpha value is -8.61. The predicted molar refractivity (Wildman–Crippen MR) is 258 cm³/mol. The minimum atomic E-state index is 0.558. The second-order valence-electron chi connectivity index (χ2n) is 16.0. The van der Waals surface area contributed by atoms with Crippen molar-refractivity contribution in [1.29, 1.82) is 0 Å². The van der Waals surface area contributed by atoms with Gasteiger partial charge < -0.3 is 8.98 Å². The Morgan fingerprint density at radius 2 is 0.841 bits per heavy atom. The molecule has 0 bridgehead atoms. The fourth-order valence-electron chi connectivity index (χ4n) is 9.47. The van der Waals surface area contributed by atoms with Crippen molar-refractivity contribution >= 4 is 65.6 Å². The summed E-state index contributed by atoms with van der Waals surface area (Å²) in [6.07, 6.45) is 0. The lowest BCUT2D eigenvalue weighted by atomic mass is 9.97. The summed E-state index contributed by atoms with van der Waals surface area (Å²) in [5.74, 6) is 1.79. The molecule has 13 rings (SSSR count). The van der Waals surface area contributed by atoms with Crippen molar-refractivity contribution in [3.63, 3.8) is 0 Å². The normalized spacial score (nSPS) is 11.8. The summed E-state index contributed by atoms with van der Waals surface area (Å²) < 4.78 is 11.4. The van der Waals surface area contributed by atoms with Crippen LogP contribution in [0.3, 0.4) is 0 Å². The Kier molecular flexibility index (Phi) is 7.80. The molecule has 4 aromatic heterocycles. The molecule has 6 nitrogen and oxygen atoms in total. The van der Waals surface area contributed by atoms with Crippen LogP contribution in [0.4, 0.5) is 0 Å². The molecular weight excluding hydrogens is 771 g/mol. The predicted octanol–water partition coefficient (Wildman–Crippen LogP) is 14.6. The van der Waals surface area contributed by atoms with E-state index in [9.17, 15) is 0 Å². The van der Waals surface area contributed by atoms with Crippen LogP contribution in [0.1, 0.15) is 0 Å². The van der Waals surface area contributed by atoms with Crippen molar-refractivity contribution in [1.82, 2.24) is 24.1 Å². The molecule has 0 atom stereocenters. The van der Waals surface area contributed by atoms with Crippen LogP contribution in [0.25, 0.3) is 122 Å². The van der Waals surface area contributed by atoms with Crippen LogP contribution in [0.2, 0.25) is 0 Å². The molecule has 0 unspecified atom stereocenters. The van der Waals surface area contributed by atoms with E-state index in [1.165, 1.54) is 10.9 Å². The van der Waals surface area contributed by atoms with E-state index in [1.807, 2.05) is 66.7 Å². The third-order valence-electron chi connectivity index (χ3n) is 12.4. The molecule has 294 valence electrons. The first-order chi connectivity index (χ1) is 31.2. The lowest BCUT2D eigenvalue weighted by Gasteiger charge is -2.13. The lowest BCUT2D eigenvalue weighted by Crippen LogP contribution is -2.06. The number of hydrogen-bond donors (Lipinski definition) is 0. The van der Waals surface area contributed by atoms with E-state index in [1.54, 1.807) is 0 Å². The smallest absolute Gasteiger partial charge is 0.238 e. The van der Waals surface area contributed by atoms with Crippen molar-refractivity contribution < 1.29 is 4.42 Å². The Morgan fingerprint density at radius 3 is 1.51 bits per heavy atom. The molecular formula is C57H35N5O. The summed E-state index contributed by atoms with van der Waals surface area (Å²) in [6, 6.07) is 74.5. The number of benzene rings is 9. The molecule has 0 amide bonds. The standard InChI is InChI=1S/C57H35N5O/c1-4-17-36(18-5-1)39-23-16-24-40(31-39)45-32-41(33-48-44-27-12-15-30-53(44)63-54(45)48)61-49-28-13-10-25-42(49)46-34-47-43-26-11-14-29-50(43)62(52(47)35-51(46)61)57-59-55(37-19-6-2-7-20-37)58-56(60-57)38-21-8-3-9-22-38/h1-35H. The molecule has 0 saturated heterocycles. The maximum absolute atomic E-state index is 6.74. The number of rotatable bonds is 6. The molecule has 9 aromatic carbocycles. The van der Waals surface area contributed by atoms with E-state index in [-0.39, 0.29) is 0 Å². The van der Waals surface area contributed by atoms with Crippen LogP contribution in [0.5, 0.6) is 0 Å². The Bertz CT molecular complexity index is 3850. The van der Waals surface area contributed by atoms with Crippen molar-refractivity contribution in [2.45, 2.75) is 0 Å². The zero-order valence-electron chi connectivity index (χ0n) is 33.9. The van der Waals surface area contributed by atoms with Gasteiger partial charge in [-0.2, -0.15) is 9.97 Å². The summed E-state index contributed by atoms with van der Waals surface area (Å²) in [5.41, 5.74) is 13.3. The number of nitrogens with zero attached hydrogens (tertiary/aromatic N) is 5. The highest BCUT2D eigenvalue weighted by atomic mass is 16.3. The maximum Gasteiger partial charge on any atom is 0.238 e. The molecule has 4 heterocycles. The van der Waals surface area contributed by atoms with Crippen LogP contribution >= 0.6 is 0 Å². The number of hydrogen-bond acceptors (Lipinski definition) is 4. The second kappa shape index (κ2) is 14.0. The van der Waals surface area contributed by atoms with Crippen LogP contribution in [0.15, 0.2) is 217 Å². The number of furan rings is 1.